The van der Waals surface area contributed by atoms with E-state index in [1.54, 1.807) is 0 Å². The molecule has 1 aliphatic carbocycles. The first kappa shape index (κ1) is 13.1. The molecule has 0 saturated carbocycles. The van der Waals surface area contributed by atoms with E-state index in [1.165, 1.54) is 43.2 Å². The van der Waals surface area contributed by atoms with Crippen LogP contribution in [0.2, 0.25) is 0 Å². The van der Waals surface area contributed by atoms with Gasteiger partial charge in [-0.2, -0.15) is 0 Å². The highest BCUT2D eigenvalue weighted by Gasteiger charge is 2.30. The van der Waals surface area contributed by atoms with Crippen molar-refractivity contribution in [3.8, 4) is 0 Å². The van der Waals surface area contributed by atoms with Gasteiger partial charge in [0.25, 0.3) is 0 Å². The first-order chi connectivity index (χ1) is 8.82. The van der Waals surface area contributed by atoms with Crippen LogP contribution >= 0.6 is 0 Å². The number of hydrogen-bond donors (Lipinski definition) is 0. The molecule has 1 aliphatic rings. The Bertz CT molecular complexity index is 427. The van der Waals surface area contributed by atoms with E-state index in [2.05, 4.69) is 56.0 Å². The Morgan fingerprint density at radius 1 is 1.22 bits per heavy atom. The maximum absolute atomic E-state index is 4.12. The van der Waals surface area contributed by atoms with Gasteiger partial charge in [-0.15, -0.1) is 6.58 Å². The summed E-state index contributed by atoms with van der Waals surface area (Å²) in [6.45, 7) is 6.39. The quantitative estimate of drug-likeness (QED) is 0.455. The number of rotatable bonds is 6. The Labute approximate surface area is 111 Å². The average Bonchev–Trinajstić information content (AvgIpc) is 2.44. The molecule has 0 saturated heterocycles. The number of hydrogen-bond acceptors (Lipinski definition) is 0. The summed E-state index contributed by atoms with van der Waals surface area (Å²) in [5.41, 5.74) is 3.03. The van der Waals surface area contributed by atoms with Gasteiger partial charge in [-0.3, -0.25) is 0 Å². The predicted molar refractivity (Wildman–Crippen MR) is 80.7 cm³/mol. The molecule has 0 heterocycles. The smallest absolute Gasteiger partial charge is 0.0170 e. The van der Waals surface area contributed by atoms with Gasteiger partial charge < -0.3 is 0 Å². The van der Waals surface area contributed by atoms with Crippen LogP contribution in [0.15, 0.2) is 43.0 Å². The topological polar surface area (TPSA) is 0 Å². The molecule has 0 radical (unpaired) electrons. The molecule has 0 nitrogen and oxygen atoms in total. The Hall–Kier alpha value is -1.30. The van der Waals surface area contributed by atoms with E-state index in [9.17, 15) is 0 Å². The summed E-state index contributed by atoms with van der Waals surface area (Å²) in [5, 5.41) is 0. The maximum atomic E-state index is 4.12. The summed E-state index contributed by atoms with van der Waals surface area (Å²) in [4.78, 5) is 0. The molecule has 0 amide bonds. The maximum Gasteiger partial charge on any atom is 0.0170 e. The molecular formula is C18H24. The van der Waals surface area contributed by atoms with E-state index in [0.29, 0.717) is 0 Å². The van der Waals surface area contributed by atoms with Crippen LogP contribution in [0.3, 0.4) is 0 Å². The number of benzene rings is 1. The first-order valence-electron chi connectivity index (χ1n) is 7.22. The molecule has 0 aromatic heterocycles. The van der Waals surface area contributed by atoms with Crippen LogP contribution in [0, 0.1) is 0 Å². The van der Waals surface area contributed by atoms with E-state index >= 15 is 0 Å². The number of fused-ring (bicyclic) bond motifs is 1. The first-order valence-corrected chi connectivity index (χ1v) is 7.22. The second kappa shape index (κ2) is 6.04. The van der Waals surface area contributed by atoms with Gasteiger partial charge in [-0.1, -0.05) is 75.1 Å². The molecule has 0 heteroatoms. The van der Waals surface area contributed by atoms with Gasteiger partial charge in [0.05, 0.1) is 0 Å². The lowest BCUT2D eigenvalue weighted by Gasteiger charge is -2.34. The van der Waals surface area contributed by atoms with Crippen molar-refractivity contribution in [1.82, 2.24) is 0 Å². The molecule has 1 atom stereocenters. The van der Waals surface area contributed by atoms with Crippen LogP contribution in [0.1, 0.15) is 56.6 Å². The van der Waals surface area contributed by atoms with Crippen molar-refractivity contribution >= 4 is 6.08 Å². The number of allylic oxidation sites excluding steroid dienone is 2. The summed E-state index contributed by atoms with van der Waals surface area (Å²) in [6.07, 6.45) is 14.4. The molecule has 0 spiro atoms. The zero-order valence-electron chi connectivity index (χ0n) is 11.5. The van der Waals surface area contributed by atoms with E-state index in [0.717, 1.165) is 6.42 Å². The minimum atomic E-state index is 0.180. The molecule has 0 fully saturated rings. The van der Waals surface area contributed by atoms with Crippen molar-refractivity contribution in [2.75, 3.05) is 0 Å². The third kappa shape index (κ3) is 2.58. The van der Waals surface area contributed by atoms with Crippen LogP contribution in [0.5, 0.6) is 0 Å². The second-order valence-electron chi connectivity index (χ2n) is 5.36. The van der Waals surface area contributed by atoms with E-state index in [1.807, 2.05) is 0 Å². The Morgan fingerprint density at radius 3 is 2.83 bits per heavy atom. The van der Waals surface area contributed by atoms with Gasteiger partial charge in [0.2, 0.25) is 0 Å². The largest absolute Gasteiger partial charge is 0.102 e. The van der Waals surface area contributed by atoms with Crippen LogP contribution < -0.4 is 0 Å². The van der Waals surface area contributed by atoms with Crippen molar-refractivity contribution in [1.29, 1.82) is 0 Å². The SMILES string of the molecule is C=CC1(CCCCCC)CC=Cc2ccccc21. The molecule has 1 unspecified atom stereocenters. The molecule has 2 rings (SSSR count). The van der Waals surface area contributed by atoms with Gasteiger partial charge in [0.1, 0.15) is 0 Å². The lowest BCUT2D eigenvalue weighted by atomic mass is 9.70. The summed E-state index contributed by atoms with van der Waals surface area (Å²) in [6, 6.07) is 8.78. The van der Waals surface area contributed by atoms with Crippen LogP contribution in [-0.4, -0.2) is 0 Å². The summed E-state index contributed by atoms with van der Waals surface area (Å²) >= 11 is 0. The zero-order valence-corrected chi connectivity index (χ0v) is 11.5. The fourth-order valence-corrected chi connectivity index (χ4v) is 3.00. The Balaban J connectivity index is 2.17. The van der Waals surface area contributed by atoms with E-state index in [-0.39, 0.29) is 5.41 Å². The Kier molecular flexibility index (Phi) is 4.41. The van der Waals surface area contributed by atoms with Crippen molar-refractivity contribution in [2.24, 2.45) is 0 Å². The Morgan fingerprint density at radius 2 is 2.06 bits per heavy atom. The van der Waals surface area contributed by atoms with Crippen molar-refractivity contribution in [2.45, 2.75) is 50.9 Å². The van der Waals surface area contributed by atoms with E-state index < -0.39 is 0 Å². The van der Waals surface area contributed by atoms with Gasteiger partial charge in [-0.05, 0) is 24.0 Å². The normalized spacial score (nSPS) is 21.6. The molecule has 1 aromatic carbocycles. The van der Waals surface area contributed by atoms with Gasteiger partial charge in [-0.25, -0.2) is 0 Å². The zero-order chi connectivity index (χ0) is 12.8. The molecule has 18 heavy (non-hydrogen) atoms. The standard InChI is InChI=1S/C18H24/c1-3-5-6-9-14-18(4-2)15-10-12-16-11-7-8-13-17(16)18/h4,7-8,10-13H,2-3,5-6,9,14-15H2,1H3. The average molecular weight is 240 g/mol. The second-order valence-corrected chi connectivity index (χ2v) is 5.36. The highest BCUT2D eigenvalue weighted by molar-refractivity contribution is 5.60. The van der Waals surface area contributed by atoms with Crippen LogP contribution in [0.25, 0.3) is 6.08 Å². The summed E-state index contributed by atoms with van der Waals surface area (Å²) in [5.74, 6) is 0. The number of unbranched alkanes of at least 4 members (excludes halogenated alkanes) is 3. The van der Waals surface area contributed by atoms with Crippen LogP contribution in [0.4, 0.5) is 0 Å². The van der Waals surface area contributed by atoms with Gasteiger partial charge in [0, 0.05) is 5.41 Å². The fourth-order valence-electron chi connectivity index (χ4n) is 3.00. The fraction of sp³-hybridized carbons (Fsp3) is 0.444. The highest BCUT2D eigenvalue weighted by atomic mass is 14.3. The molecule has 0 N–H and O–H groups in total. The molecule has 1 aromatic rings. The highest BCUT2D eigenvalue weighted by Crippen LogP contribution is 2.40. The van der Waals surface area contributed by atoms with Gasteiger partial charge in [0.15, 0.2) is 0 Å². The molecule has 0 bridgehead atoms. The third-order valence-electron chi connectivity index (χ3n) is 4.14. The minimum absolute atomic E-state index is 0.180. The van der Waals surface area contributed by atoms with Crippen LogP contribution in [-0.2, 0) is 5.41 Å². The molecule has 96 valence electrons. The lowest BCUT2D eigenvalue weighted by molar-refractivity contribution is 0.457. The van der Waals surface area contributed by atoms with Gasteiger partial charge >= 0.3 is 0 Å². The van der Waals surface area contributed by atoms with Crippen molar-refractivity contribution in [3.05, 3.63) is 54.1 Å². The lowest BCUT2D eigenvalue weighted by Crippen LogP contribution is -2.25. The van der Waals surface area contributed by atoms with E-state index in [4.69, 9.17) is 0 Å². The summed E-state index contributed by atoms with van der Waals surface area (Å²) < 4.78 is 0. The summed E-state index contributed by atoms with van der Waals surface area (Å²) in [7, 11) is 0. The predicted octanol–water partition coefficient (Wildman–Crippen LogP) is 5.50. The van der Waals surface area contributed by atoms with Crippen molar-refractivity contribution < 1.29 is 0 Å². The molecular weight excluding hydrogens is 216 g/mol. The monoisotopic (exact) mass is 240 g/mol. The third-order valence-corrected chi connectivity index (χ3v) is 4.14. The van der Waals surface area contributed by atoms with Crippen molar-refractivity contribution in [3.63, 3.8) is 0 Å². The minimum Gasteiger partial charge on any atom is -0.102 e. The molecule has 0 aliphatic heterocycles.